The third kappa shape index (κ3) is 4.46. The number of nitrogens with zero attached hydrogens (tertiary/aromatic N) is 3. The van der Waals surface area contributed by atoms with E-state index in [1.54, 1.807) is 6.92 Å². The van der Waals surface area contributed by atoms with E-state index >= 15 is 0 Å². The molecule has 3 rings (SSSR count). The van der Waals surface area contributed by atoms with Crippen molar-refractivity contribution in [2.45, 2.75) is 29.0 Å². The van der Waals surface area contributed by atoms with Gasteiger partial charge in [0.05, 0.1) is 16.5 Å². The van der Waals surface area contributed by atoms with Crippen molar-refractivity contribution in [3.05, 3.63) is 36.9 Å². The number of imidazole rings is 1. The number of nitrogens with one attached hydrogen (secondary N) is 3. The molecule has 0 bridgehead atoms. The van der Waals surface area contributed by atoms with Gasteiger partial charge in [-0.05, 0) is 31.2 Å². The zero-order chi connectivity index (χ0) is 20.3. The summed E-state index contributed by atoms with van der Waals surface area (Å²) in [7, 11) is -3.92. The van der Waals surface area contributed by atoms with E-state index in [0.717, 1.165) is 6.92 Å². The van der Waals surface area contributed by atoms with Gasteiger partial charge in [0.1, 0.15) is 16.9 Å². The van der Waals surface area contributed by atoms with Crippen molar-refractivity contribution < 1.29 is 18.0 Å². The number of aromatic amines is 1. The molecule has 12 heteroatoms. The van der Waals surface area contributed by atoms with E-state index in [9.17, 15) is 18.0 Å². The van der Waals surface area contributed by atoms with Gasteiger partial charge in [-0.25, -0.2) is 28.1 Å². The summed E-state index contributed by atoms with van der Waals surface area (Å²) in [6, 6.07) is 5.50. The van der Waals surface area contributed by atoms with Crippen molar-refractivity contribution in [2.75, 3.05) is 5.32 Å². The predicted octanol–water partition coefficient (Wildman–Crippen LogP) is 1.30. The molecule has 3 N–H and O–H groups in total. The van der Waals surface area contributed by atoms with Gasteiger partial charge in [-0.15, -0.1) is 0 Å². The summed E-state index contributed by atoms with van der Waals surface area (Å²) in [5.74, 6) is -0.965. The summed E-state index contributed by atoms with van der Waals surface area (Å²) in [5.41, 5.74) is 1.59. The number of aromatic nitrogens is 4. The molecule has 0 saturated carbocycles. The van der Waals surface area contributed by atoms with E-state index in [1.165, 1.54) is 48.7 Å². The molecule has 10 nitrogen and oxygen atoms in total. The normalized spacial score (nSPS) is 12.5. The summed E-state index contributed by atoms with van der Waals surface area (Å²) >= 11 is 1.24. The van der Waals surface area contributed by atoms with E-state index in [2.05, 4.69) is 25.3 Å². The minimum Gasteiger partial charge on any atom is -0.341 e. The van der Waals surface area contributed by atoms with Crippen molar-refractivity contribution in [1.29, 1.82) is 0 Å². The van der Waals surface area contributed by atoms with Crippen LogP contribution in [0.4, 0.5) is 5.69 Å². The number of benzene rings is 1. The van der Waals surface area contributed by atoms with E-state index in [0.29, 0.717) is 21.9 Å². The van der Waals surface area contributed by atoms with Crippen molar-refractivity contribution in [1.82, 2.24) is 24.7 Å². The Morgan fingerprint density at radius 2 is 1.86 bits per heavy atom. The smallest absolute Gasteiger partial charge is 0.264 e. The Morgan fingerprint density at radius 3 is 2.54 bits per heavy atom. The Balaban J connectivity index is 1.67. The van der Waals surface area contributed by atoms with Gasteiger partial charge in [-0.2, -0.15) is 0 Å². The lowest BCUT2D eigenvalue weighted by Crippen LogP contribution is -2.28. The Bertz CT molecular complexity index is 1130. The fourth-order valence-electron chi connectivity index (χ4n) is 2.26. The van der Waals surface area contributed by atoms with Crippen LogP contribution in [0.2, 0.25) is 0 Å². The van der Waals surface area contributed by atoms with Crippen LogP contribution in [0, 0.1) is 0 Å². The zero-order valence-electron chi connectivity index (χ0n) is 14.8. The number of hydrogen-bond acceptors (Lipinski definition) is 8. The van der Waals surface area contributed by atoms with E-state index in [4.69, 9.17) is 0 Å². The summed E-state index contributed by atoms with van der Waals surface area (Å²) in [4.78, 5) is 38.5. The molecular formula is C16H16N6O4S2. The first-order chi connectivity index (χ1) is 13.3. The molecule has 1 aromatic carbocycles. The highest BCUT2D eigenvalue weighted by Crippen LogP contribution is 2.26. The minimum atomic E-state index is -3.92. The molecule has 1 unspecified atom stereocenters. The first-order valence-electron chi connectivity index (χ1n) is 8.01. The average Bonchev–Trinajstić information content (AvgIpc) is 3.11. The number of H-pyrrole nitrogens is 1. The molecule has 0 spiro atoms. The number of fused-ring (bicyclic) bond motifs is 1. The molecule has 2 heterocycles. The topological polar surface area (TPSA) is 147 Å². The number of hydrogen-bond donors (Lipinski definition) is 3. The largest absolute Gasteiger partial charge is 0.341 e. The second-order valence-corrected chi connectivity index (χ2v) is 8.73. The second kappa shape index (κ2) is 7.94. The summed E-state index contributed by atoms with van der Waals surface area (Å²) in [6.45, 7) is 2.83. The average molecular weight is 420 g/mol. The van der Waals surface area contributed by atoms with Gasteiger partial charge in [0.25, 0.3) is 10.0 Å². The fourth-order valence-corrected chi connectivity index (χ4v) is 4.13. The zero-order valence-corrected chi connectivity index (χ0v) is 16.5. The lowest BCUT2D eigenvalue weighted by Gasteiger charge is -2.12. The van der Waals surface area contributed by atoms with Crippen LogP contribution in [0.25, 0.3) is 11.2 Å². The van der Waals surface area contributed by atoms with Crippen LogP contribution in [0.5, 0.6) is 0 Å². The Labute approximate surface area is 164 Å². The molecule has 2 amide bonds. The van der Waals surface area contributed by atoms with Gasteiger partial charge >= 0.3 is 0 Å². The monoisotopic (exact) mass is 420 g/mol. The van der Waals surface area contributed by atoms with Crippen LogP contribution >= 0.6 is 11.8 Å². The summed E-state index contributed by atoms with van der Waals surface area (Å²) in [6.07, 6.45) is 2.88. The minimum absolute atomic E-state index is 0.0780. The van der Waals surface area contributed by atoms with Crippen molar-refractivity contribution in [3.63, 3.8) is 0 Å². The lowest BCUT2D eigenvalue weighted by atomic mass is 10.3. The van der Waals surface area contributed by atoms with E-state index in [1.807, 2.05) is 4.72 Å². The standard InChI is InChI=1S/C16H16N6O4S2/c1-9(27-16-13-14(18-7-17-13)19-8-20-16)15(24)21-11-3-5-12(6-4-11)28(25,26)22-10(2)23/h3-9H,1-2H3,(H,21,24)(H,22,23)(H,17,18,19,20). The predicted molar refractivity (Wildman–Crippen MR) is 103 cm³/mol. The molecule has 0 aliphatic heterocycles. The highest BCUT2D eigenvalue weighted by Gasteiger charge is 2.19. The highest BCUT2D eigenvalue weighted by atomic mass is 32.2. The van der Waals surface area contributed by atoms with Crippen LogP contribution in [-0.4, -0.2) is 45.4 Å². The number of rotatable bonds is 6. The number of carbonyl (C=O) groups is 2. The SMILES string of the molecule is CC(=O)NS(=O)(=O)c1ccc(NC(=O)C(C)Sc2ncnc3nc[nH]c23)cc1. The molecule has 28 heavy (non-hydrogen) atoms. The molecule has 0 radical (unpaired) electrons. The number of carbonyl (C=O) groups excluding carboxylic acids is 2. The number of sulfonamides is 1. The maximum absolute atomic E-state index is 12.4. The molecule has 0 fully saturated rings. The Kier molecular flexibility index (Phi) is 5.61. The molecule has 3 aromatic rings. The van der Waals surface area contributed by atoms with Crippen LogP contribution in [-0.2, 0) is 19.6 Å². The van der Waals surface area contributed by atoms with Crippen molar-refractivity contribution >= 4 is 50.5 Å². The first-order valence-corrected chi connectivity index (χ1v) is 10.4. The van der Waals surface area contributed by atoms with Crippen LogP contribution in [0.1, 0.15) is 13.8 Å². The van der Waals surface area contributed by atoms with Crippen molar-refractivity contribution in [3.8, 4) is 0 Å². The van der Waals surface area contributed by atoms with Gasteiger partial charge in [0, 0.05) is 12.6 Å². The van der Waals surface area contributed by atoms with E-state index in [-0.39, 0.29) is 10.8 Å². The van der Waals surface area contributed by atoms with Crippen LogP contribution in [0.15, 0.2) is 46.8 Å². The molecule has 0 aliphatic rings. The Morgan fingerprint density at radius 1 is 1.14 bits per heavy atom. The molecule has 0 aliphatic carbocycles. The maximum atomic E-state index is 12.4. The molecule has 146 valence electrons. The summed E-state index contributed by atoms with van der Waals surface area (Å²) in [5, 5.41) is 2.83. The quantitative estimate of drug-likeness (QED) is 0.399. The third-order valence-corrected chi connectivity index (χ3v) is 6.11. The van der Waals surface area contributed by atoms with E-state index < -0.39 is 21.2 Å². The van der Waals surface area contributed by atoms with Gasteiger partial charge in [0.2, 0.25) is 11.8 Å². The molecular weight excluding hydrogens is 404 g/mol. The molecule has 0 saturated heterocycles. The van der Waals surface area contributed by atoms with Gasteiger partial charge in [0.15, 0.2) is 5.65 Å². The third-order valence-electron chi connectivity index (χ3n) is 3.56. The molecule has 2 aromatic heterocycles. The number of anilines is 1. The fraction of sp³-hybridized carbons (Fsp3) is 0.188. The number of amides is 2. The van der Waals surface area contributed by atoms with Gasteiger partial charge in [-0.3, -0.25) is 9.59 Å². The number of thioether (sulfide) groups is 1. The first kappa shape index (κ1) is 19.8. The van der Waals surface area contributed by atoms with Crippen molar-refractivity contribution in [2.24, 2.45) is 0 Å². The Hall–Kier alpha value is -2.99. The second-order valence-electron chi connectivity index (χ2n) is 5.72. The molecule has 1 atom stereocenters. The maximum Gasteiger partial charge on any atom is 0.264 e. The highest BCUT2D eigenvalue weighted by molar-refractivity contribution is 8.00. The van der Waals surface area contributed by atoms with Gasteiger partial charge in [-0.1, -0.05) is 11.8 Å². The van der Waals surface area contributed by atoms with Crippen LogP contribution in [0.3, 0.4) is 0 Å². The lowest BCUT2D eigenvalue weighted by molar-refractivity contribution is -0.117. The van der Waals surface area contributed by atoms with Gasteiger partial charge < -0.3 is 10.3 Å². The van der Waals surface area contributed by atoms with Crippen LogP contribution < -0.4 is 10.0 Å². The summed E-state index contributed by atoms with van der Waals surface area (Å²) < 4.78 is 25.7.